The quantitative estimate of drug-likeness (QED) is 0.430. The van der Waals surface area contributed by atoms with Gasteiger partial charge in [0.15, 0.2) is 11.8 Å². The van der Waals surface area contributed by atoms with E-state index in [0.717, 1.165) is 16.7 Å². The summed E-state index contributed by atoms with van der Waals surface area (Å²) in [5.74, 6) is -1.12. The minimum absolute atomic E-state index is 0.0544. The first-order chi connectivity index (χ1) is 13.9. The number of benzene rings is 2. The number of carbonyl (C=O) groups excluding carboxylic acids is 1. The van der Waals surface area contributed by atoms with Crippen LogP contribution in [0.15, 0.2) is 42.5 Å². The van der Waals surface area contributed by atoms with Crippen LogP contribution in [-0.2, 0) is 23.6 Å². The van der Waals surface area contributed by atoms with E-state index < -0.39 is 35.1 Å². The maximum atomic E-state index is 13.0. The molecule has 160 valence electrons. The second kappa shape index (κ2) is 8.02. The first-order valence-electron chi connectivity index (χ1n) is 8.83. The van der Waals surface area contributed by atoms with Crippen LogP contribution in [0.4, 0.5) is 26.3 Å². The number of rotatable bonds is 5. The van der Waals surface area contributed by atoms with Gasteiger partial charge in [0.05, 0.1) is 11.1 Å². The van der Waals surface area contributed by atoms with Gasteiger partial charge in [-0.1, -0.05) is 18.2 Å². The Kier molecular flexibility index (Phi) is 5.80. The molecule has 0 aliphatic heterocycles. The highest BCUT2D eigenvalue weighted by Crippen LogP contribution is 2.38. The molecule has 10 heteroatoms. The molecule has 0 saturated heterocycles. The number of fused-ring (bicyclic) bond motifs is 1. The van der Waals surface area contributed by atoms with Crippen LogP contribution < -0.4 is 16.1 Å². The maximum absolute atomic E-state index is 13.0. The van der Waals surface area contributed by atoms with Crippen LogP contribution >= 0.6 is 0 Å². The zero-order valence-corrected chi connectivity index (χ0v) is 15.3. The highest BCUT2D eigenvalue weighted by Gasteiger charge is 2.37. The summed E-state index contributed by atoms with van der Waals surface area (Å²) < 4.78 is 77.7. The van der Waals surface area contributed by atoms with Crippen LogP contribution in [0.2, 0.25) is 0 Å². The molecular weight excluding hydrogens is 414 g/mol. The molecule has 0 bridgehead atoms. The summed E-state index contributed by atoms with van der Waals surface area (Å²) in [7, 11) is 0. The minimum Gasteiger partial charge on any atom is -0.366 e. The molecule has 1 aliphatic rings. The van der Waals surface area contributed by atoms with Gasteiger partial charge in [-0.05, 0) is 41.8 Å². The van der Waals surface area contributed by atoms with Crippen molar-refractivity contribution >= 4 is 12.0 Å². The Bertz CT molecular complexity index is 950. The minimum atomic E-state index is -4.94. The van der Waals surface area contributed by atoms with Crippen LogP contribution in [-0.4, -0.2) is 5.91 Å². The topological polar surface area (TPSA) is 68.9 Å². The largest absolute Gasteiger partial charge is 0.416 e. The number of hydroxylamine groups is 1. The lowest BCUT2D eigenvalue weighted by Gasteiger charge is -2.15. The van der Waals surface area contributed by atoms with E-state index in [4.69, 9.17) is 10.6 Å². The van der Waals surface area contributed by atoms with Gasteiger partial charge < -0.3 is 10.6 Å². The molecule has 30 heavy (non-hydrogen) atoms. The van der Waals surface area contributed by atoms with Crippen LogP contribution in [0.5, 0.6) is 5.75 Å². The molecule has 1 unspecified atom stereocenters. The summed E-state index contributed by atoms with van der Waals surface area (Å²) in [6, 6.07) is 6.20. The van der Waals surface area contributed by atoms with Gasteiger partial charge in [-0.15, -0.1) is 0 Å². The highest BCUT2D eigenvalue weighted by molar-refractivity contribution is 5.90. The van der Waals surface area contributed by atoms with Gasteiger partial charge in [0.25, 0.3) is 0 Å². The number of alkyl halides is 6. The molecule has 2 aromatic rings. The predicted molar refractivity (Wildman–Crippen MR) is 94.7 cm³/mol. The van der Waals surface area contributed by atoms with Crippen molar-refractivity contribution < 1.29 is 41.5 Å². The number of hydrogen-bond acceptors (Lipinski definition) is 2. The van der Waals surface area contributed by atoms with Gasteiger partial charge in [0, 0.05) is 18.1 Å². The van der Waals surface area contributed by atoms with Gasteiger partial charge in [0.1, 0.15) is 0 Å². The average Bonchev–Trinajstić information content (AvgIpc) is 3.05. The molecule has 4 nitrogen and oxygen atoms in total. The van der Waals surface area contributed by atoms with Crippen molar-refractivity contribution in [2.75, 3.05) is 0 Å². The van der Waals surface area contributed by atoms with E-state index in [1.165, 1.54) is 11.6 Å². The highest BCUT2D eigenvalue weighted by atomic mass is 19.4. The summed E-state index contributed by atoms with van der Waals surface area (Å²) in [6.07, 6.45) is -5.87. The molecular formula is C20H17F6N2O2+. The first-order valence-corrected chi connectivity index (χ1v) is 8.83. The molecule has 0 saturated carbocycles. The van der Waals surface area contributed by atoms with E-state index in [1.807, 2.05) is 6.07 Å². The summed E-state index contributed by atoms with van der Waals surface area (Å²) in [5.41, 5.74) is 6.00. The molecule has 1 amide bonds. The van der Waals surface area contributed by atoms with Crippen molar-refractivity contribution in [1.82, 2.24) is 0 Å². The second-order valence-electron chi connectivity index (χ2n) is 6.83. The van der Waals surface area contributed by atoms with E-state index in [9.17, 15) is 31.1 Å². The molecule has 0 spiro atoms. The lowest BCUT2D eigenvalue weighted by Crippen LogP contribution is -2.87. The third-order valence-electron chi connectivity index (χ3n) is 4.66. The van der Waals surface area contributed by atoms with E-state index in [-0.39, 0.29) is 12.1 Å². The lowest BCUT2D eigenvalue weighted by molar-refractivity contribution is -0.886. The standard InChI is InChI=1S/C20H16F6N2O2/c21-19(22,23)13-8-14(20(24,25)26)10-15(9-13)30-28-17-5-3-12-7-11(1-4-16(12)17)2-6-18(27)29/h1-2,4,6-10,17,28H,3,5H2,(H2,27,29)/p+1/b6-2+. The molecule has 3 rings (SSSR count). The Morgan fingerprint density at radius 2 is 1.67 bits per heavy atom. The monoisotopic (exact) mass is 431 g/mol. The summed E-state index contributed by atoms with van der Waals surface area (Å²) >= 11 is 0. The first kappa shape index (κ1) is 21.7. The Balaban J connectivity index is 1.78. The van der Waals surface area contributed by atoms with Gasteiger partial charge in [-0.25, -0.2) is 0 Å². The van der Waals surface area contributed by atoms with Crippen molar-refractivity contribution in [2.24, 2.45) is 5.73 Å². The molecule has 2 aromatic carbocycles. The number of primary amides is 1. The lowest BCUT2D eigenvalue weighted by atomic mass is 10.0. The van der Waals surface area contributed by atoms with Crippen molar-refractivity contribution in [3.63, 3.8) is 0 Å². The molecule has 4 N–H and O–H groups in total. The number of quaternary nitrogens is 1. The van der Waals surface area contributed by atoms with Gasteiger partial charge in [-0.3, -0.25) is 4.79 Å². The third-order valence-corrected chi connectivity index (χ3v) is 4.66. The van der Waals surface area contributed by atoms with E-state index in [2.05, 4.69) is 0 Å². The van der Waals surface area contributed by atoms with Crippen molar-refractivity contribution in [3.8, 4) is 5.75 Å². The molecule has 1 aliphatic carbocycles. The van der Waals surface area contributed by atoms with Crippen molar-refractivity contribution in [1.29, 1.82) is 0 Å². The fraction of sp³-hybridized carbons (Fsp3) is 0.250. The van der Waals surface area contributed by atoms with Crippen LogP contribution in [0.3, 0.4) is 0 Å². The number of carbonyl (C=O) groups is 1. The maximum Gasteiger partial charge on any atom is 0.416 e. The fourth-order valence-corrected chi connectivity index (χ4v) is 3.25. The van der Waals surface area contributed by atoms with Gasteiger partial charge >= 0.3 is 12.4 Å². The summed E-state index contributed by atoms with van der Waals surface area (Å²) in [6.45, 7) is 0. The van der Waals surface area contributed by atoms with Gasteiger partial charge in [-0.2, -0.15) is 31.8 Å². The zero-order valence-electron chi connectivity index (χ0n) is 15.3. The van der Waals surface area contributed by atoms with Gasteiger partial charge in [0.2, 0.25) is 5.91 Å². The van der Waals surface area contributed by atoms with Crippen molar-refractivity contribution in [2.45, 2.75) is 31.2 Å². The van der Waals surface area contributed by atoms with Crippen LogP contribution in [0, 0.1) is 0 Å². The van der Waals surface area contributed by atoms with E-state index >= 15 is 0 Å². The molecule has 0 radical (unpaired) electrons. The number of nitrogens with two attached hydrogens (primary N) is 2. The number of aryl methyl sites for hydroxylation is 1. The normalized spacial score (nSPS) is 16.7. The Morgan fingerprint density at radius 3 is 2.23 bits per heavy atom. The second-order valence-corrected chi connectivity index (χ2v) is 6.83. The molecule has 0 heterocycles. The summed E-state index contributed by atoms with van der Waals surface area (Å²) in [4.78, 5) is 16.1. The third kappa shape index (κ3) is 5.12. The van der Waals surface area contributed by atoms with Crippen LogP contribution in [0.1, 0.15) is 40.3 Å². The number of halogens is 6. The number of amides is 1. The van der Waals surface area contributed by atoms with E-state index in [1.54, 1.807) is 18.2 Å². The molecule has 0 aromatic heterocycles. The smallest absolute Gasteiger partial charge is 0.366 e. The van der Waals surface area contributed by atoms with Crippen molar-refractivity contribution in [3.05, 3.63) is 70.3 Å². The zero-order chi connectivity index (χ0) is 22.1. The SMILES string of the molecule is NC(=O)/C=C/c1ccc2c(c1)CCC2[NH2+]Oc1cc(C(F)(F)F)cc(C(F)(F)F)c1. The Labute approximate surface area is 167 Å². The molecule has 1 atom stereocenters. The predicted octanol–water partition coefficient (Wildman–Crippen LogP) is 3.77. The van der Waals surface area contributed by atoms with E-state index in [0.29, 0.717) is 25.0 Å². The average molecular weight is 431 g/mol. The molecule has 0 fully saturated rings. The fourth-order valence-electron chi connectivity index (χ4n) is 3.25. The number of hydrogen-bond donors (Lipinski definition) is 2. The Hall–Kier alpha value is -3.01. The Morgan fingerprint density at radius 1 is 1.03 bits per heavy atom. The summed E-state index contributed by atoms with van der Waals surface area (Å²) in [5, 5.41) is 0. The van der Waals surface area contributed by atoms with Crippen LogP contribution in [0.25, 0.3) is 6.08 Å².